The number of amides is 1. The second-order valence-electron chi connectivity index (χ2n) is 3.83. The van der Waals surface area contributed by atoms with Crippen molar-refractivity contribution in [3.05, 3.63) is 29.3 Å². The van der Waals surface area contributed by atoms with Crippen molar-refractivity contribution in [2.45, 2.75) is 12.8 Å². The fourth-order valence-corrected chi connectivity index (χ4v) is 1.94. The lowest BCUT2D eigenvalue weighted by Gasteiger charge is -2.15. The highest BCUT2D eigenvalue weighted by atomic mass is 35.5. The lowest BCUT2D eigenvalue weighted by Crippen LogP contribution is -2.32. The number of ether oxygens (including phenoxy) is 1. The maximum Gasteiger partial charge on any atom is 0.260 e. The van der Waals surface area contributed by atoms with Crippen molar-refractivity contribution in [2.24, 2.45) is 0 Å². The lowest BCUT2D eigenvalue weighted by atomic mass is 10.3. The molecule has 2 rings (SSSR count). The fraction of sp³-hybridized carbons (Fsp3) is 0.417. The van der Waals surface area contributed by atoms with Crippen molar-refractivity contribution in [3.8, 4) is 5.75 Å². The van der Waals surface area contributed by atoms with Gasteiger partial charge in [0.05, 0.1) is 0 Å². The summed E-state index contributed by atoms with van der Waals surface area (Å²) in [6.07, 6.45) is 2.20. The van der Waals surface area contributed by atoms with E-state index in [4.69, 9.17) is 16.3 Å². The van der Waals surface area contributed by atoms with Crippen LogP contribution in [0, 0.1) is 0 Å². The zero-order valence-corrected chi connectivity index (χ0v) is 9.74. The first kappa shape index (κ1) is 11.3. The minimum absolute atomic E-state index is 0.0532. The van der Waals surface area contributed by atoms with E-state index >= 15 is 0 Å². The molecule has 1 aliphatic heterocycles. The van der Waals surface area contributed by atoms with E-state index in [1.807, 2.05) is 4.90 Å². The third kappa shape index (κ3) is 2.89. The number of rotatable bonds is 3. The molecule has 0 spiro atoms. The van der Waals surface area contributed by atoms with E-state index in [1.165, 1.54) is 0 Å². The number of nitrogens with zero attached hydrogens (tertiary/aromatic N) is 1. The molecule has 0 bridgehead atoms. The van der Waals surface area contributed by atoms with Crippen molar-refractivity contribution in [1.82, 2.24) is 4.90 Å². The molecule has 4 heteroatoms. The predicted octanol–water partition coefficient (Wildman–Crippen LogP) is 2.34. The summed E-state index contributed by atoms with van der Waals surface area (Å²) in [5.74, 6) is 0.692. The molecule has 1 aromatic rings. The molecule has 1 heterocycles. The van der Waals surface area contributed by atoms with Gasteiger partial charge in [-0.1, -0.05) is 17.7 Å². The molecule has 1 aromatic carbocycles. The summed E-state index contributed by atoms with van der Waals surface area (Å²) in [6, 6.07) is 7.08. The molecule has 0 radical (unpaired) electrons. The number of hydrogen-bond donors (Lipinski definition) is 0. The quantitative estimate of drug-likeness (QED) is 0.810. The van der Waals surface area contributed by atoms with Crippen LogP contribution in [0.5, 0.6) is 5.75 Å². The summed E-state index contributed by atoms with van der Waals surface area (Å²) >= 11 is 5.81. The standard InChI is InChI=1S/C12H14ClNO2/c13-10-4-3-5-11(8-10)16-9-12(15)14-6-1-2-7-14/h3-5,8H,1-2,6-7,9H2. The Morgan fingerprint density at radius 2 is 2.12 bits per heavy atom. The van der Waals surface area contributed by atoms with E-state index in [1.54, 1.807) is 24.3 Å². The van der Waals surface area contributed by atoms with Gasteiger partial charge in [-0.25, -0.2) is 0 Å². The van der Waals surface area contributed by atoms with Crippen LogP contribution in [0.25, 0.3) is 0 Å². The first-order valence-electron chi connectivity index (χ1n) is 5.42. The van der Waals surface area contributed by atoms with Gasteiger partial charge in [-0.15, -0.1) is 0 Å². The SMILES string of the molecule is O=C(COc1cccc(Cl)c1)N1CCCC1. The van der Waals surface area contributed by atoms with E-state index in [9.17, 15) is 4.79 Å². The summed E-state index contributed by atoms with van der Waals surface area (Å²) in [5, 5.41) is 0.617. The molecule has 1 saturated heterocycles. The molecule has 1 amide bonds. The number of carbonyl (C=O) groups is 1. The van der Waals surface area contributed by atoms with Crippen LogP contribution in [0.4, 0.5) is 0 Å². The molecule has 0 aromatic heterocycles. The first-order chi connectivity index (χ1) is 7.75. The molecule has 0 N–H and O–H groups in total. The molecular formula is C12H14ClNO2. The first-order valence-corrected chi connectivity index (χ1v) is 5.79. The van der Waals surface area contributed by atoms with Crippen LogP contribution in [0.1, 0.15) is 12.8 Å². The van der Waals surface area contributed by atoms with Crippen LogP contribution in [0.15, 0.2) is 24.3 Å². The summed E-state index contributed by atoms with van der Waals surface area (Å²) < 4.78 is 5.39. The highest BCUT2D eigenvalue weighted by molar-refractivity contribution is 6.30. The van der Waals surface area contributed by atoms with Crippen molar-refractivity contribution < 1.29 is 9.53 Å². The van der Waals surface area contributed by atoms with Crippen molar-refractivity contribution in [3.63, 3.8) is 0 Å². The smallest absolute Gasteiger partial charge is 0.260 e. The third-order valence-corrected chi connectivity index (χ3v) is 2.85. The zero-order chi connectivity index (χ0) is 11.4. The summed E-state index contributed by atoms with van der Waals surface area (Å²) in [4.78, 5) is 13.5. The molecule has 0 unspecified atom stereocenters. The molecule has 86 valence electrons. The number of hydrogen-bond acceptors (Lipinski definition) is 2. The van der Waals surface area contributed by atoms with Gasteiger partial charge in [-0.3, -0.25) is 4.79 Å². The Hall–Kier alpha value is -1.22. The van der Waals surface area contributed by atoms with Crippen molar-refractivity contribution >= 4 is 17.5 Å². The van der Waals surface area contributed by atoms with Crippen molar-refractivity contribution in [1.29, 1.82) is 0 Å². The average molecular weight is 240 g/mol. The van der Waals surface area contributed by atoms with E-state index in [-0.39, 0.29) is 12.5 Å². The summed E-state index contributed by atoms with van der Waals surface area (Å²) in [7, 11) is 0. The molecule has 0 atom stereocenters. The Bertz CT molecular complexity index is 375. The van der Waals surface area contributed by atoms with Crippen LogP contribution < -0.4 is 4.74 Å². The van der Waals surface area contributed by atoms with Gasteiger partial charge in [0, 0.05) is 18.1 Å². The van der Waals surface area contributed by atoms with Gasteiger partial charge < -0.3 is 9.64 Å². The van der Waals surface area contributed by atoms with Gasteiger partial charge in [0.2, 0.25) is 0 Å². The van der Waals surface area contributed by atoms with E-state index in [2.05, 4.69) is 0 Å². The van der Waals surface area contributed by atoms with E-state index < -0.39 is 0 Å². The van der Waals surface area contributed by atoms with Crippen LogP contribution >= 0.6 is 11.6 Å². The van der Waals surface area contributed by atoms with Crippen LogP contribution in [-0.4, -0.2) is 30.5 Å². The topological polar surface area (TPSA) is 29.5 Å². The Balaban J connectivity index is 1.84. The molecule has 0 saturated carbocycles. The average Bonchev–Trinajstić information content (AvgIpc) is 2.79. The summed E-state index contributed by atoms with van der Waals surface area (Å²) in [5.41, 5.74) is 0. The normalized spacial score (nSPS) is 15.2. The van der Waals surface area contributed by atoms with Gasteiger partial charge in [-0.2, -0.15) is 0 Å². The molecule has 0 aliphatic carbocycles. The number of likely N-dealkylation sites (tertiary alicyclic amines) is 1. The van der Waals surface area contributed by atoms with Gasteiger partial charge in [0.15, 0.2) is 6.61 Å². The Morgan fingerprint density at radius 1 is 1.38 bits per heavy atom. The van der Waals surface area contributed by atoms with E-state index in [0.717, 1.165) is 25.9 Å². The molecular weight excluding hydrogens is 226 g/mol. The van der Waals surface area contributed by atoms with E-state index in [0.29, 0.717) is 10.8 Å². The van der Waals surface area contributed by atoms with Gasteiger partial charge >= 0.3 is 0 Å². The van der Waals surface area contributed by atoms with Gasteiger partial charge in [0.1, 0.15) is 5.75 Å². The predicted molar refractivity (Wildman–Crippen MR) is 62.8 cm³/mol. The van der Waals surface area contributed by atoms with Crippen molar-refractivity contribution in [2.75, 3.05) is 19.7 Å². The van der Waals surface area contributed by atoms with Crippen LogP contribution in [-0.2, 0) is 4.79 Å². The second kappa shape index (κ2) is 5.21. The summed E-state index contributed by atoms with van der Waals surface area (Å²) in [6.45, 7) is 1.82. The maximum absolute atomic E-state index is 11.7. The van der Waals surface area contributed by atoms with Crippen LogP contribution in [0.2, 0.25) is 5.02 Å². The Kier molecular flexibility index (Phi) is 3.67. The van der Waals surface area contributed by atoms with Gasteiger partial charge in [0.25, 0.3) is 5.91 Å². The highest BCUT2D eigenvalue weighted by Gasteiger charge is 2.17. The Labute approximate surface area is 100.0 Å². The second-order valence-corrected chi connectivity index (χ2v) is 4.27. The van der Waals surface area contributed by atoms with Crippen LogP contribution in [0.3, 0.4) is 0 Å². The monoisotopic (exact) mass is 239 g/mol. The minimum atomic E-state index is 0.0532. The van der Waals surface area contributed by atoms with Gasteiger partial charge in [-0.05, 0) is 31.0 Å². The molecule has 1 fully saturated rings. The number of carbonyl (C=O) groups excluding carboxylic acids is 1. The fourth-order valence-electron chi connectivity index (χ4n) is 1.76. The molecule has 16 heavy (non-hydrogen) atoms. The highest BCUT2D eigenvalue weighted by Crippen LogP contribution is 2.17. The molecule has 3 nitrogen and oxygen atoms in total. The number of halogens is 1. The largest absolute Gasteiger partial charge is 0.484 e. The third-order valence-electron chi connectivity index (χ3n) is 2.62. The Morgan fingerprint density at radius 3 is 2.81 bits per heavy atom. The maximum atomic E-state index is 11.7. The molecule has 1 aliphatic rings. The minimum Gasteiger partial charge on any atom is -0.484 e. The zero-order valence-electron chi connectivity index (χ0n) is 8.99. The number of benzene rings is 1. The lowest BCUT2D eigenvalue weighted by molar-refractivity contribution is -0.132.